The Hall–Kier alpha value is -1.57. The van der Waals surface area contributed by atoms with E-state index in [0.717, 1.165) is 19.4 Å². The van der Waals surface area contributed by atoms with E-state index in [1.54, 1.807) is 0 Å². The summed E-state index contributed by atoms with van der Waals surface area (Å²) in [4.78, 5) is 12.2. The van der Waals surface area contributed by atoms with Gasteiger partial charge >= 0.3 is 0 Å². The fourth-order valence-corrected chi connectivity index (χ4v) is 3.85. The number of carbonyl (C=O) groups excluding carboxylic acids is 1. The van der Waals surface area contributed by atoms with E-state index in [4.69, 9.17) is 0 Å². The van der Waals surface area contributed by atoms with E-state index >= 15 is 0 Å². The molecule has 1 aromatic carbocycles. The van der Waals surface area contributed by atoms with Crippen LogP contribution in [0.5, 0.6) is 0 Å². The van der Waals surface area contributed by atoms with Crippen molar-refractivity contribution in [2.45, 2.75) is 50.4 Å². The molecule has 0 bridgehead atoms. The highest BCUT2D eigenvalue weighted by molar-refractivity contribution is 5.76. The Labute approximate surface area is 127 Å². The molecule has 2 aliphatic carbocycles. The second-order valence-electron chi connectivity index (χ2n) is 6.60. The number of hydrogen-bond acceptors (Lipinski definition) is 1. The van der Waals surface area contributed by atoms with E-state index in [9.17, 15) is 4.79 Å². The third-order valence-corrected chi connectivity index (χ3v) is 5.13. The molecule has 0 heterocycles. The van der Waals surface area contributed by atoms with E-state index in [2.05, 4.69) is 47.8 Å². The molecule has 1 N–H and O–H groups in total. The lowest BCUT2D eigenvalue weighted by Gasteiger charge is -2.30. The predicted octanol–water partition coefficient (Wildman–Crippen LogP) is 3.97. The van der Waals surface area contributed by atoms with Crippen molar-refractivity contribution in [3.63, 3.8) is 0 Å². The third-order valence-electron chi connectivity index (χ3n) is 5.13. The zero-order valence-corrected chi connectivity index (χ0v) is 12.7. The monoisotopic (exact) mass is 283 g/mol. The maximum Gasteiger partial charge on any atom is 0.220 e. The second-order valence-corrected chi connectivity index (χ2v) is 6.60. The lowest BCUT2D eigenvalue weighted by molar-refractivity contribution is -0.122. The number of nitrogens with one attached hydrogen (secondary N) is 1. The Bertz CT molecular complexity index is 500. The number of hydrogen-bond donors (Lipinski definition) is 1. The topological polar surface area (TPSA) is 29.1 Å². The van der Waals surface area contributed by atoms with Crippen LogP contribution in [0.2, 0.25) is 0 Å². The van der Waals surface area contributed by atoms with Gasteiger partial charge in [0.15, 0.2) is 0 Å². The van der Waals surface area contributed by atoms with Crippen LogP contribution in [0.3, 0.4) is 0 Å². The number of allylic oxidation sites excluding steroid dienone is 2. The van der Waals surface area contributed by atoms with Crippen molar-refractivity contribution in [3.05, 3.63) is 48.0 Å². The van der Waals surface area contributed by atoms with Gasteiger partial charge in [0.1, 0.15) is 0 Å². The molecular weight excluding hydrogens is 258 g/mol. The average Bonchev–Trinajstić information content (AvgIpc) is 3.18. The fourth-order valence-electron chi connectivity index (χ4n) is 3.85. The van der Waals surface area contributed by atoms with Crippen molar-refractivity contribution < 1.29 is 4.79 Å². The Morgan fingerprint density at radius 3 is 2.62 bits per heavy atom. The first-order valence-electron chi connectivity index (χ1n) is 8.27. The number of carbonyl (C=O) groups is 1. The molecular formula is C19H25NO. The zero-order chi connectivity index (χ0) is 14.5. The summed E-state index contributed by atoms with van der Waals surface area (Å²) < 4.78 is 0. The van der Waals surface area contributed by atoms with E-state index in [-0.39, 0.29) is 11.3 Å². The Morgan fingerprint density at radius 1 is 1.19 bits per heavy atom. The molecule has 0 aliphatic heterocycles. The lowest BCUT2D eigenvalue weighted by atomic mass is 9.79. The van der Waals surface area contributed by atoms with Crippen LogP contribution in [0.25, 0.3) is 0 Å². The van der Waals surface area contributed by atoms with E-state index in [0.29, 0.717) is 12.3 Å². The number of benzene rings is 1. The molecule has 2 aliphatic rings. The smallest absolute Gasteiger partial charge is 0.220 e. The quantitative estimate of drug-likeness (QED) is 0.814. The first-order valence-corrected chi connectivity index (χ1v) is 8.27. The van der Waals surface area contributed by atoms with Gasteiger partial charge in [-0.25, -0.2) is 0 Å². The van der Waals surface area contributed by atoms with Gasteiger partial charge in [-0.1, -0.05) is 55.3 Å². The highest BCUT2D eigenvalue weighted by Gasteiger charge is 2.35. The van der Waals surface area contributed by atoms with Gasteiger partial charge in [0.25, 0.3) is 0 Å². The van der Waals surface area contributed by atoms with Crippen LogP contribution < -0.4 is 5.32 Å². The standard InChI is InChI=1S/C19H25NO/c21-18(14-16-8-4-5-9-16)20-15-19(12-6-7-13-19)17-10-2-1-3-11-17/h1-4,8,10-11,16H,5-7,9,12-15H2,(H,20,21)/t16-/m1/s1. The summed E-state index contributed by atoms with van der Waals surface area (Å²) in [6.45, 7) is 0.798. The Morgan fingerprint density at radius 2 is 1.95 bits per heavy atom. The van der Waals surface area contributed by atoms with E-state index in [1.807, 2.05) is 0 Å². The van der Waals surface area contributed by atoms with Crippen LogP contribution in [-0.4, -0.2) is 12.5 Å². The molecule has 3 rings (SSSR count). The third kappa shape index (κ3) is 3.37. The summed E-state index contributed by atoms with van der Waals surface area (Å²) in [6, 6.07) is 10.7. The molecule has 1 amide bonds. The maximum absolute atomic E-state index is 12.2. The molecule has 0 saturated heterocycles. The summed E-state index contributed by atoms with van der Waals surface area (Å²) in [5, 5.41) is 3.22. The van der Waals surface area contributed by atoms with Crippen LogP contribution >= 0.6 is 0 Å². The van der Waals surface area contributed by atoms with Gasteiger partial charge in [0.2, 0.25) is 5.91 Å². The van der Waals surface area contributed by atoms with Gasteiger partial charge in [-0.2, -0.15) is 0 Å². The molecule has 1 aromatic rings. The molecule has 2 nitrogen and oxygen atoms in total. The van der Waals surface area contributed by atoms with Gasteiger partial charge < -0.3 is 5.32 Å². The van der Waals surface area contributed by atoms with E-state index < -0.39 is 0 Å². The van der Waals surface area contributed by atoms with Crippen molar-refractivity contribution in [3.8, 4) is 0 Å². The van der Waals surface area contributed by atoms with Crippen molar-refractivity contribution in [1.29, 1.82) is 0 Å². The molecule has 1 fully saturated rings. The van der Waals surface area contributed by atoms with Crippen LogP contribution in [0.1, 0.15) is 50.5 Å². The number of rotatable bonds is 5. The van der Waals surface area contributed by atoms with Crippen molar-refractivity contribution in [2.24, 2.45) is 5.92 Å². The van der Waals surface area contributed by atoms with E-state index in [1.165, 1.54) is 31.2 Å². The SMILES string of the molecule is O=C(C[C@@H]1C=CCC1)NCC1(c2ccccc2)CCCC1. The lowest BCUT2D eigenvalue weighted by Crippen LogP contribution is -2.39. The second kappa shape index (κ2) is 6.46. The van der Waals surface area contributed by atoms with Crippen molar-refractivity contribution >= 4 is 5.91 Å². The van der Waals surface area contributed by atoms with Crippen LogP contribution in [0.15, 0.2) is 42.5 Å². The van der Waals surface area contributed by atoms with Gasteiger partial charge in [-0.15, -0.1) is 0 Å². The highest BCUT2D eigenvalue weighted by Crippen LogP contribution is 2.40. The Balaban J connectivity index is 1.61. The first-order chi connectivity index (χ1) is 10.3. The molecule has 1 atom stereocenters. The molecule has 112 valence electrons. The minimum atomic E-state index is 0.169. The zero-order valence-electron chi connectivity index (χ0n) is 12.7. The maximum atomic E-state index is 12.2. The summed E-state index contributed by atoms with van der Waals surface area (Å²) in [7, 11) is 0. The molecule has 21 heavy (non-hydrogen) atoms. The van der Waals surface area contributed by atoms with Crippen molar-refractivity contribution in [1.82, 2.24) is 5.32 Å². The molecule has 1 saturated carbocycles. The summed E-state index contributed by atoms with van der Waals surface area (Å²) in [6.07, 6.45) is 12.3. The number of amides is 1. The van der Waals surface area contributed by atoms with Gasteiger partial charge in [0, 0.05) is 18.4 Å². The van der Waals surface area contributed by atoms with Gasteiger partial charge in [-0.05, 0) is 37.2 Å². The normalized spacial score (nSPS) is 23.3. The van der Waals surface area contributed by atoms with Crippen LogP contribution in [0.4, 0.5) is 0 Å². The summed E-state index contributed by atoms with van der Waals surface area (Å²) in [5.41, 5.74) is 1.56. The first kappa shape index (κ1) is 14.4. The molecule has 0 spiro atoms. The van der Waals surface area contributed by atoms with Crippen LogP contribution in [-0.2, 0) is 10.2 Å². The Kier molecular flexibility index (Phi) is 4.42. The predicted molar refractivity (Wildman–Crippen MR) is 86.1 cm³/mol. The van der Waals surface area contributed by atoms with Gasteiger partial charge in [-0.3, -0.25) is 4.79 Å². The minimum Gasteiger partial charge on any atom is -0.355 e. The fraction of sp³-hybridized carbons (Fsp3) is 0.526. The highest BCUT2D eigenvalue weighted by atomic mass is 16.1. The molecule has 0 aromatic heterocycles. The molecule has 2 heteroatoms. The summed E-state index contributed by atoms with van der Waals surface area (Å²) in [5.74, 6) is 0.676. The van der Waals surface area contributed by atoms with Crippen molar-refractivity contribution in [2.75, 3.05) is 6.54 Å². The molecule has 0 unspecified atom stereocenters. The summed E-state index contributed by atoms with van der Waals surface area (Å²) >= 11 is 0. The van der Waals surface area contributed by atoms with Gasteiger partial charge in [0.05, 0.1) is 0 Å². The minimum absolute atomic E-state index is 0.169. The molecule has 0 radical (unpaired) electrons. The largest absolute Gasteiger partial charge is 0.355 e. The average molecular weight is 283 g/mol. The van der Waals surface area contributed by atoms with Crippen LogP contribution in [0, 0.1) is 5.92 Å².